The molecule has 0 bridgehead atoms. The summed E-state index contributed by atoms with van der Waals surface area (Å²) < 4.78 is 69.4. The van der Waals surface area contributed by atoms with E-state index in [-0.39, 0.29) is 52.7 Å². The largest absolute Gasteiger partial charge is 0.489 e. The topological polar surface area (TPSA) is 133 Å². The third kappa shape index (κ3) is 15.6. The van der Waals surface area contributed by atoms with Crippen LogP contribution in [0.15, 0.2) is 297 Å². The summed E-state index contributed by atoms with van der Waals surface area (Å²) in [5, 5.41) is 27.0. The Kier molecular flexibility index (Phi) is 20.2. The van der Waals surface area contributed by atoms with Crippen LogP contribution in [0, 0.1) is 0 Å². The Bertz CT molecular complexity index is 4530. The fourth-order valence-electron chi connectivity index (χ4n) is 12.4. The summed E-state index contributed by atoms with van der Waals surface area (Å²) in [5.74, 6) is 3.21. The Hall–Kier alpha value is -11.4. The third-order valence-corrected chi connectivity index (χ3v) is 17.5. The molecule has 2 N–H and O–H groups in total. The van der Waals surface area contributed by atoms with Crippen LogP contribution >= 0.6 is 0 Å². The Labute approximate surface area is 571 Å². The van der Waals surface area contributed by atoms with Gasteiger partial charge in [0.25, 0.3) is 0 Å². The second-order valence-electron chi connectivity index (χ2n) is 24.4. The zero-order valence-corrected chi connectivity index (χ0v) is 54.0. The molecule has 0 spiro atoms. The highest BCUT2D eigenvalue weighted by Crippen LogP contribution is 2.58. The number of hydrogen-bond donors (Lipinski definition) is 2. The van der Waals surface area contributed by atoms with E-state index in [4.69, 9.17) is 47.4 Å². The van der Waals surface area contributed by atoms with Crippen molar-refractivity contribution in [1.29, 1.82) is 0 Å². The minimum Gasteiger partial charge on any atom is -0.489 e. The number of aliphatic hydroxyl groups excluding tert-OH is 2. The predicted octanol–water partition coefficient (Wildman–Crippen LogP) is 18.0. The molecule has 490 valence electrons. The summed E-state index contributed by atoms with van der Waals surface area (Å²) in [6.07, 6.45) is -4.62. The molecule has 12 heteroatoms. The summed E-state index contributed by atoms with van der Waals surface area (Å²) in [7, 11) is 0. The zero-order chi connectivity index (χ0) is 66.2. The van der Waals surface area contributed by atoms with Gasteiger partial charge >= 0.3 is 0 Å². The van der Waals surface area contributed by atoms with Crippen molar-refractivity contribution in [3.8, 4) is 57.5 Å². The van der Waals surface area contributed by atoms with Gasteiger partial charge in [-0.3, -0.25) is 0 Å². The first-order valence-electron chi connectivity index (χ1n) is 33.1. The van der Waals surface area contributed by atoms with Crippen LogP contribution in [0.3, 0.4) is 0 Å². The molecule has 2 aliphatic heterocycles. The molecule has 0 fully saturated rings. The maximum Gasteiger partial charge on any atom is 0.162 e. The molecule has 0 saturated carbocycles. The van der Waals surface area contributed by atoms with E-state index in [1.165, 1.54) is 0 Å². The Morgan fingerprint density at radius 3 is 1.00 bits per heavy atom. The van der Waals surface area contributed by atoms with E-state index in [0.717, 1.165) is 44.5 Å². The van der Waals surface area contributed by atoms with E-state index >= 15 is 0 Å². The van der Waals surface area contributed by atoms with Crippen molar-refractivity contribution in [2.45, 2.75) is 89.6 Å². The minimum absolute atomic E-state index is 0.0638. The first-order chi connectivity index (χ1) is 48.4. The van der Waals surface area contributed by atoms with Crippen LogP contribution in [0.25, 0.3) is 0 Å². The summed E-state index contributed by atoms with van der Waals surface area (Å²) in [6.45, 7) is 1.75. The van der Waals surface area contributed by atoms with Gasteiger partial charge in [-0.15, -0.1) is 0 Å². The van der Waals surface area contributed by atoms with E-state index in [9.17, 15) is 10.2 Å². The minimum atomic E-state index is -1.43. The van der Waals surface area contributed by atoms with Gasteiger partial charge in [0.05, 0.1) is 12.0 Å². The number of ether oxygens (including phenoxy) is 10. The molecule has 12 aromatic carbocycles. The predicted molar refractivity (Wildman–Crippen MR) is 376 cm³/mol. The van der Waals surface area contributed by atoms with Crippen molar-refractivity contribution < 1.29 is 57.6 Å². The summed E-state index contributed by atoms with van der Waals surface area (Å²) >= 11 is 0. The monoisotopic (exact) mass is 1300 g/mol. The molecule has 14 rings (SSSR count). The van der Waals surface area contributed by atoms with Crippen molar-refractivity contribution in [2.75, 3.05) is 0 Å². The zero-order valence-electron chi connectivity index (χ0n) is 54.0. The van der Waals surface area contributed by atoms with Crippen LogP contribution < -0.4 is 47.4 Å². The lowest BCUT2D eigenvalue weighted by Gasteiger charge is -2.41. The molecule has 5 atom stereocenters. The quantitative estimate of drug-likeness (QED) is 0.0508. The van der Waals surface area contributed by atoms with Gasteiger partial charge < -0.3 is 57.6 Å². The first-order valence-corrected chi connectivity index (χ1v) is 33.1. The number of fused-ring (bicyclic) bond motifs is 2. The Balaban J connectivity index is 0.954. The van der Waals surface area contributed by atoms with Gasteiger partial charge in [0.15, 0.2) is 29.1 Å². The average molecular weight is 1300 g/mol. The third-order valence-electron chi connectivity index (χ3n) is 17.5. The Morgan fingerprint density at radius 2 is 0.612 bits per heavy atom. The van der Waals surface area contributed by atoms with Crippen LogP contribution in [0.4, 0.5) is 0 Å². The average Bonchev–Trinajstić information content (AvgIpc) is 0.724. The summed E-state index contributed by atoms with van der Waals surface area (Å²) in [6, 6.07) is 96.4. The number of benzene rings is 12. The van der Waals surface area contributed by atoms with Crippen LogP contribution in [0.1, 0.15) is 90.5 Å². The van der Waals surface area contributed by atoms with Gasteiger partial charge in [-0.1, -0.05) is 255 Å². The summed E-state index contributed by atoms with van der Waals surface area (Å²) in [4.78, 5) is 0. The molecule has 0 unspecified atom stereocenters. The van der Waals surface area contributed by atoms with Gasteiger partial charge in [-0.2, -0.15) is 0 Å². The van der Waals surface area contributed by atoms with Crippen molar-refractivity contribution in [1.82, 2.24) is 0 Å². The van der Waals surface area contributed by atoms with Crippen LogP contribution in [-0.4, -0.2) is 22.4 Å². The lowest BCUT2D eigenvalue weighted by molar-refractivity contribution is 0.000521. The first kappa shape index (κ1) is 63.9. The van der Waals surface area contributed by atoms with Crippen LogP contribution in [-0.2, 0) is 59.3 Å². The molecular weight excluding hydrogens is 1220 g/mol. The molecule has 0 aliphatic carbocycles. The van der Waals surface area contributed by atoms with Crippen molar-refractivity contribution in [3.05, 3.63) is 370 Å². The molecule has 98 heavy (non-hydrogen) atoms. The van der Waals surface area contributed by atoms with Gasteiger partial charge in [0.1, 0.15) is 99.6 Å². The maximum absolute atomic E-state index is 14.1. The number of aliphatic hydroxyl groups is 2. The van der Waals surface area contributed by atoms with Gasteiger partial charge in [0.2, 0.25) is 0 Å². The lowest BCUT2D eigenvalue weighted by atomic mass is 9.77. The molecule has 0 saturated heterocycles. The van der Waals surface area contributed by atoms with Crippen LogP contribution in [0.5, 0.6) is 57.5 Å². The molecule has 0 radical (unpaired) electrons. The number of hydrogen-bond acceptors (Lipinski definition) is 12. The smallest absolute Gasteiger partial charge is 0.162 e. The summed E-state index contributed by atoms with van der Waals surface area (Å²) in [5.41, 5.74) is 10.3. The maximum atomic E-state index is 14.1. The molecule has 12 nitrogen and oxygen atoms in total. The van der Waals surface area contributed by atoms with E-state index < -0.39 is 30.3 Å². The Morgan fingerprint density at radius 1 is 0.286 bits per heavy atom. The standard InChI is InChI=1S/C86H74O12/c87-71-49-70-74(92-54-62-31-15-4-16-32-62)50-78(96-58-66-39-23-8-24-40-66)81(86(70)98-84(71)67-41-43-72(90-52-60-27-11-2-12-28-60)75(45-67)93-55-63-33-17-5-18-34-63)82-80-77(95-57-65-37-21-7-22-38-65)47-69(89-51-59-25-9-1-10-26-59)48-79(80)97-85(83(82)88)68-42-44-73(91-53-61-29-13-3-14-30-61)76(46-68)94-56-64-35-19-6-20-36-64/h1-48,50,71,82-85,87-88H,49,51-58H2/t71-,82-,83-,84+,85+/m0/s1. The highest BCUT2D eigenvalue weighted by molar-refractivity contribution is 5.67. The molecular formula is C86H74O12. The van der Waals surface area contributed by atoms with E-state index in [2.05, 4.69) is 0 Å². The van der Waals surface area contributed by atoms with Gasteiger partial charge in [0, 0.05) is 41.3 Å². The second-order valence-corrected chi connectivity index (χ2v) is 24.4. The SMILES string of the molecule is O[C@H]1[C@H](c2c(OCc3ccccc3)cc(OCc3ccccc3)c3c2O[C@H](c2ccc(OCc4ccccc4)c(OCc4ccccc4)c2)[C@@H](O)C3)c2c(OCc3ccccc3)cc(OCc3ccccc3)cc2O[C@@H]1c1ccc(OCc2ccccc2)c(OCc2ccccc2)c1. The molecule has 2 heterocycles. The molecule has 0 aromatic heterocycles. The van der Waals surface area contributed by atoms with Crippen molar-refractivity contribution in [3.63, 3.8) is 0 Å². The van der Waals surface area contributed by atoms with E-state index in [1.807, 2.05) is 297 Å². The van der Waals surface area contributed by atoms with Gasteiger partial charge in [-0.05, 0) is 79.9 Å². The fraction of sp³-hybridized carbons (Fsp3) is 0.163. The van der Waals surface area contributed by atoms with E-state index in [1.54, 1.807) is 0 Å². The number of rotatable bonds is 27. The van der Waals surface area contributed by atoms with E-state index in [0.29, 0.717) is 91.9 Å². The lowest BCUT2D eigenvalue weighted by Crippen LogP contribution is -2.37. The molecule has 0 amide bonds. The van der Waals surface area contributed by atoms with Gasteiger partial charge in [-0.25, -0.2) is 0 Å². The molecule has 12 aromatic rings. The normalized spacial score (nSPS) is 16.0. The fourth-order valence-corrected chi connectivity index (χ4v) is 12.4. The molecule has 2 aliphatic rings. The van der Waals surface area contributed by atoms with Crippen molar-refractivity contribution in [2.24, 2.45) is 0 Å². The highest BCUT2D eigenvalue weighted by Gasteiger charge is 2.47. The van der Waals surface area contributed by atoms with Crippen LogP contribution in [0.2, 0.25) is 0 Å². The highest BCUT2D eigenvalue weighted by atomic mass is 16.5. The van der Waals surface area contributed by atoms with Crippen molar-refractivity contribution >= 4 is 0 Å². The second kappa shape index (κ2) is 31.0.